The molecular weight excluding hydrogens is 290 g/mol. The smallest absolute Gasteiger partial charge is 0.151 e. The van der Waals surface area contributed by atoms with E-state index in [4.69, 9.17) is 22.3 Å². The van der Waals surface area contributed by atoms with Crippen molar-refractivity contribution >= 4 is 34.0 Å². The molecule has 2 aromatic heterocycles. The van der Waals surface area contributed by atoms with Gasteiger partial charge in [0.15, 0.2) is 5.82 Å². The largest absolute Gasteiger partial charge is 0.326 e. The molecule has 5 heteroatoms. The second kappa shape index (κ2) is 4.58. The average molecular weight is 304 g/mol. The van der Waals surface area contributed by atoms with Crippen molar-refractivity contribution in [1.82, 2.24) is 9.55 Å². The molecule has 3 aromatic rings. The Balaban J connectivity index is 1.96. The van der Waals surface area contributed by atoms with Crippen molar-refractivity contribution in [3.63, 3.8) is 0 Å². The van der Waals surface area contributed by atoms with Crippen molar-refractivity contribution in [3.8, 4) is 10.7 Å². The molecule has 102 valence electrons. The second-order valence-corrected chi connectivity index (χ2v) is 6.88. The van der Waals surface area contributed by atoms with Crippen LogP contribution in [0.2, 0.25) is 4.34 Å². The minimum Gasteiger partial charge on any atom is -0.326 e. The summed E-state index contributed by atoms with van der Waals surface area (Å²) in [6.07, 6.45) is 2.46. The lowest BCUT2D eigenvalue weighted by Gasteiger charge is -2.06. The Morgan fingerprint density at radius 2 is 2.15 bits per heavy atom. The maximum atomic E-state index is 6.07. The number of benzene rings is 1. The number of rotatable bonds is 3. The average Bonchev–Trinajstić information content (AvgIpc) is 3.09. The van der Waals surface area contributed by atoms with Crippen molar-refractivity contribution in [2.24, 2.45) is 5.73 Å². The molecule has 3 nitrogen and oxygen atoms in total. The van der Waals surface area contributed by atoms with Gasteiger partial charge in [-0.2, -0.15) is 0 Å². The molecule has 1 aliphatic carbocycles. The fraction of sp³-hybridized carbons (Fsp3) is 0.267. The topological polar surface area (TPSA) is 43.8 Å². The number of halogens is 1. The van der Waals surface area contributed by atoms with E-state index in [0.29, 0.717) is 12.6 Å². The monoisotopic (exact) mass is 303 g/mol. The third-order valence-electron chi connectivity index (χ3n) is 3.70. The fourth-order valence-corrected chi connectivity index (χ4v) is 3.61. The normalized spacial score (nSPS) is 15.1. The van der Waals surface area contributed by atoms with Gasteiger partial charge in [-0.05, 0) is 42.7 Å². The molecule has 0 amide bonds. The van der Waals surface area contributed by atoms with Crippen LogP contribution in [0.25, 0.3) is 21.7 Å². The highest BCUT2D eigenvalue weighted by molar-refractivity contribution is 7.19. The van der Waals surface area contributed by atoms with Gasteiger partial charge >= 0.3 is 0 Å². The Hall–Kier alpha value is -1.36. The highest BCUT2D eigenvalue weighted by atomic mass is 35.5. The van der Waals surface area contributed by atoms with Gasteiger partial charge in [-0.3, -0.25) is 0 Å². The first-order valence-corrected chi connectivity index (χ1v) is 7.92. The Morgan fingerprint density at radius 1 is 1.30 bits per heavy atom. The predicted octanol–water partition coefficient (Wildman–Crippen LogP) is 4.21. The van der Waals surface area contributed by atoms with Gasteiger partial charge in [0.25, 0.3) is 0 Å². The molecule has 1 aliphatic rings. The molecule has 0 spiro atoms. The maximum Gasteiger partial charge on any atom is 0.151 e. The molecule has 1 aromatic carbocycles. The quantitative estimate of drug-likeness (QED) is 0.787. The molecule has 2 heterocycles. The van der Waals surface area contributed by atoms with Gasteiger partial charge in [-0.15, -0.1) is 11.3 Å². The summed E-state index contributed by atoms with van der Waals surface area (Å²) in [5.74, 6) is 1.04. The number of fused-ring (bicyclic) bond motifs is 1. The molecule has 2 N–H and O–H groups in total. The molecule has 0 saturated heterocycles. The lowest BCUT2D eigenvalue weighted by molar-refractivity contribution is 0.776. The number of imidazole rings is 1. The van der Waals surface area contributed by atoms with E-state index in [0.717, 1.165) is 26.1 Å². The first-order chi connectivity index (χ1) is 9.76. The van der Waals surface area contributed by atoms with Gasteiger partial charge in [0.05, 0.1) is 20.2 Å². The molecule has 0 radical (unpaired) electrons. The molecular formula is C15H14ClN3S. The third-order valence-corrected chi connectivity index (χ3v) is 4.92. The molecule has 20 heavy (non-hydrogen) atoms. The Morgan fingerprint density at radius 3 is 2.80 bits per heavy atom. The molecule has 0 aliphatic heterocycles. The van der Waals surface area contributed by atoms with Gasteiger partial charge in [0.2, 0.25) is 0 Å². The van der Waals surface area contributed by atoms with Crippen LogP contribution in [0.15, 0.2) is 30.3 Å². The molecule has 0 bridgehead atoms. The van der Waals surface area contributed by atoms with Crippen LogP contribution in [0.3, 0.4) is 0 Å². The Bertz CT molecular complexity index is 786. The first kappa shape index (κ1) is 12.4. The fourth-order valence-electron chi connectivity index (χ4n) is 2.58. The van der Waals surface area contributed by atoms with E-state index in [1.54, 1.807) is 11.3 Å². The molecule has 4 rings (SSSR count). The van der Waals surface area contributed by atoms with E-state index in [9.17, 15) is 0 Å². The zero-order valence-corrected chi connectivity index (χ0v) is 12.4. The van der Waals surface area contributed by atoms with Crippen molar-refractivity contribution in [2.45, 2.75) is 25.4 Å². The molecule has 1 saturated carbocycles. The number of aromatic nitrogens is 2. The summed E-state index contributed by atoms with van der Waals surface area (Å²) in [6.45, 7) is 0.548. The summed E-state index contributed by atoms with van der Waals surface area (Å²) in [5, 5.41) is 0. The summed E-state index contributed by atoms with van der Waals surface area (Å²) in [6, 6.07) is 10.9. The number of nitrogens with two attached hydrogens (primary N) is 1. The number of hydrogen-bond acceptors (Lipinski definition) is 3. The molecule has 0 atom stereocenters. The maximum absolute atomic E-state index is 6.07. The van der Waals surface area contributed by atoms with E-state index in [-0.39, 0.29) is 0 Å². The lowest BCUT2D eigenvalue weighted by Crippen LogP contribution is -1.97. The van der Waals surface area contributed by atoms with Crippen LogP contribution >= 0.6 is 22.9 Å². The molecule has 1 fully saturated rings. The Labute approximate surface area is 126 Å². The van der Waals surface area contributed by atoms with E-state index in [1.165, 1.54) is 18.4 Å². The van der Waals surface area contributed by atoms with E-state index in [1.807, 2.05) is 6.07 Å². The van der Waals surface area contributed by atoms with Crippen LogP contribution in [0.4, 0.5) is 0 Å². The van der Waals surface area contributed by atoms with Crippen molar-refractivity contribution in [3.05, 3.63) is 40.2 Å². The van der Waals surface area contributed by atoms with Crippen LogP contribution in [-0.2, 0) is 6.54 Å². The summed E-state index contributed by atoms with van der Waals surface area (Å²) in [4.78, 5) is 5.96. The summed E-state index contributed by atoms with van der Waals surface area (Å²) in [5.41, 5.74) is 9.07. The zero-order valence-electron chi connectivity index (χ0n) is 10.8. The van der Waals surface area contributed by atoms with Gasteiger partial charge in [-0.25, -0.2) is 4.98 Å². The van der Waals surface area contributed by atoms with Crippen molar-refractivity contribution in [2.75, 3.05) is 0 Å². The Kier molecular flexibility index (Phi) is 2.84. The zero-order chi connectivity index (χ0) is 13.7. The van der Waals surface area contributed by atoms with Crippen LogP contribution in [-0.4, -0.2) is 9.55 Å². The van der Waals surface area contributed by atoms with Gasteiger partial charge in [0, 0.05) is 12.6 Å². The van der Waals surface area contributed by atoms with Crippen LogP contribution in [0.1, 0.15) is 24.4 Å². The van der Waals surface area contributed by atoms with Gasteiger partial charge in [-0.1, -0.05) is 17.7 Å². The van der Waals surface area contributed by atoms with E-state index in [2.05, 4.69) is 28.8 Å². The van der Waals surface area contributed by atoms with E-state index >= 15 is 0 Å². The summed E-state index contributed by atoms with van der Waals surface area (Å²) in [7, 11) is 0. The molecule has 0 unspecified atom stereocenters. The third kappa shape index (κ3) is 1.95. The number of thiophene rings is 1. The minimum absolute atomic E-state index is 0.548. The van der Waals surface area contributed by atoms with Crippen LogP contribution < -0.4 is 5.73 Å². The van der Waals surface area contributed by atoms with Crippen LogP contribution in [0.5, 0.6) is 0 Å². The highest BCUT2D eigenvalue weighted by Crippen LogP contribution is 2.43. The standard InChI is InChI=1S/C15H14ClN3S/c16-14-6-5-13(20-14)15-18-11-7-9(8-17)1-4-12(11)19(15)10-2-3-10/h1,4-7,10H,2-3,8,17H2. The lowest BCUT2D eigenvalue weighted by atomic mass is 10.2. The van der Waals surface area contributed by atoms with Crippen molar-refractivity contribution < 1.29 is 0 Å². The van der Waals surface area contributed by atoms with Gasteiger partial charge < -0.3 is 10.3 Å². The SMILES string of the molecule is NCc1ccc2c(c1)nc(-c1ccc(Cl)s1)n2C1CC1. The number of hydrogen-bond donors (Lipinski definition) is 1. The second-order valence-electron chi connectivity index (χ2n) is 5.17. The van der Waals surface area contributed by atoms with Crippen molar-refractivity contribution in [1.29, 1.82) is 0 Å². The van der Waals surface area contributed by atoms with E-state index < -0.39 is 0 Å². The van der Waals surface area contributed by atoms with Gasteiger partial charge in [0.1, 0.15) is 0 Å². The number of nitrogens with zero attached hydrogens (tertiary/aromatic N) is 2. The predicted molar refractivity (Wildman–Crippen MR) is 84.2 cm³/mol. The summed E-state index contributed by atoms with van der Waals surface area (Å²) < 4.78 is 3.16. The minimum atomic E-state index is 0.548. The van der Waals surface area contributed by atoms with Crippen LogP contribution in [0, 0.1) is 0 Å². The first-order valence-electron chi connectivity index (χ1n) is 6.73. The highest BCUT2D eigenvalue weighted by Gasteiger charge is 2.29. The summed E-state index contributed by atoms with van der Waals surface area (Å²) >= 11 is 7.65.